The number of hydrogen-bond acceptors (Lipinski definition) is 5. The Bertz CT molecular complexity index is 253. The normalized spacial score (nSPS) is 22.0. The molecule has 1 unspecified atom stereocenters. The Morgan fingerprint density at radius 1 is 1.06 bits per heavy atom. The quantitative estimate of drug-likeness (QED) is 0.470. The molecule has 0 spiro atoms. The van der Waals surface area contributed by atoms with Crippen LogP contribution in [0, 0.1) is 5.92 Å². The lowest BCUT2D eigenvalue weighted by molar-refractivity contribution is -0.146. The van der Waals surface area contributed by atoms with Gasteiger partial charge >= 0.3 is 11.9 Å². The maximum Gasteiger partial charge on any atom is 0.305 e. The third kappa shape index (κ3) is 5.68. The van der Waals surface area contributed by atoms with Gasteiger partial charge in [-0.25, -0.2) is 0 Å². The van der Waals surface area contributed by atoms with E-state index in [9.17, 15) is 9.59 Å². The van der Waals surface area contributed by atoms with Crippen LogP contribution in [0.2, 0.25) is 0 Å². The summed E-state index contributed by atoms with van der Waals surface area (Å²) >= 11 is 0. The number of carbonyl (C=O) groups is 2. The van der Waals surface area contributed by atoms with E-state index in [0.717, 1.165) is 0 Å². The van der Waals surface area contributed by atoms with E-state index >= 15 is 0 Å². The van der Waals surface area contributed by atoms with Crippen molar-refractivity contribution < 1.29 is 23.8 Å². The largest absolute Gasteiger partial charge is 0.465 e. The van der Waals surface area contributed by atoms with E-state index in [4.69, 9.17) is 14.2 Å². The smallest absolute Gasteiger partial charge is 0.305 e. The minimum absolute atomic E-state index is 0.0995. The number of esters is 2. The summed E-state index contributed by atoms with van der Waals surface area (Å²) in [6.07, 6.45) is 3.49. The summed E-state index contributed by atoms with van der Waals surface area (Å²) in [4.78, 5) is 22.4. The average Bonchev–Trinajstić information content (AvgIpc) is 3.16. The number of hydrogen-bond donors (Lipinski definition) is 0. The van der Waals surface area contributed by atoms with Crippen LogP contribution in [-0.4, -0.2) is 37.9 Å². The van der Waals surface area contributed by atoms with Crippen molar-refractivity contribution in [2.45, 2.75) is 38.2 Å². The van der Waals surface area contributed by atoms with Crippen LogP contribution in [0.25, 0.3) is 0 Å². The first-order valence-electron chi connectivity index (χ1n) is 6.17. The molecule has 1 saturated carbocycles. The third-order valence-electron chi connectivity index (χ3n) is 2.77. The molecule has 2 aliphatic rings. The molecule has 0 N–H and O–H groups in total. The van der Waals surface area contributed by atoms with Crippen molar-refractivity contribution in [3.63, 3.8) is 0 Å². The summed E-state index contributed by atoms with van der Waals surface area (Å²) in [6, 6.07) is 0. The van der Waals surface area contributed by atoms with Gasteiger partial charge in [0.2, 0.25) is 0 Å². The Morgan fingerprint density at radius 2 is 1.65 bits per heavy atom. The monoisotopic (exact) mass is 242 g/mol. The van der Waals surface area contributed by atoms with Crippen LogP contribution in [0.1, 0.15) is 32.1 Å². The lowest BCUT2D eigenvalue weighted by atomic mass is 10.2. The molecular weight excluding hydrogens is 224 g/mol. The van der Waals surface area contributed by atoms with Gasteiger partial charge < -0.3 is 14.2 Å². The van der Waals surface area contributed by atoms with E-state index in [0.29, 0.717) is 38.6 Å². The molecule has 0 aromatic rings. The fourth-order valence-electron chi connectivity index (χ4n) is 1.37. The Balaban J connectivity index is 1.42. The Kier molecular flexibility index (Phi) is 4.36. The molecule has 1 heterocycles. The Labute approximate surface area is 100 Å². The minimum atomic E-state index is -0.268. The summed E-state index contributed by atoms with van der Waals surface area (Å²) < 4.78 is 14.9. The second-order valence-electron chi connectivity index (χ2n) is 4.62. The minimum Gasteiger partial charge on any atom is -0.465 e. The van der Waals surface area contributed by atoms with Gasteiger partial charge in [-0.3, -0.25) is 9.59 Å². The predicted octanol–water partition coefficient (Wildman–Crippen LogP) is 1.05. The predicted molar refractivity (Wildman–Crippen MR) is 58.2 cm³/mol. The molecule has 0 radical (unpaired) electrons. The topological polar surface area (TPSA) is 65.1 Å². The van der Waals surface area contributed by atoms with Crippen molar-refractivity contribution in [1.29, 1.82) is 0 Å². The lowest BCUT2D eigenvalue weighted by Crippen LogP contribution is -2.11. The van der Waals surface area contributed by atoms with Gasteiger partial charge in [0, 0.05) is 12.8 Å². The van der Waals surface area contributed by atoms with Gasteiger partial charge in [-0.2, -0.15) is 0 Å². The van der Waals surface area contributed by atoms with Crippen LogP contribution in [0.5, 0.6) is 0 Å². The maximum absolute atomic E-state index is 11.2. The Hall–Kier alpha value is -1.10. The van der Waals surface area contributed by atoms with Crippen LogP contribution in [0.3, 0.4) is 0 Å². The number of rotatable bonds is 8. The van der Waals surface area contributed by atoms with Gasteiger partial charge in [0.05, 0.1) is 13.2 Å². The van der Waals surface area contributed by atoms with E-state index in [2.05, 4.69) is 0 Å². The fourth-order valence-corrected chi connectivity index (χ4v) is 1.37. The summed E-state index contributed by atoms with van der Waals surface area (Å²) in [7, 11) is 0. The maximum atomic E-state index is 11.2. The molecule has 0 aromatic heterocycles. The lowest BCUT2D eigenvalue weighted by Gasteiger charge is -2.04. The molecule has 0 bridgehead atoms. The first kappa shape index (κ1) is 12.4. The van der Waals surface area contributed by atoms with Crippen LogP contribution in [-0.2, 0) is 23.8 Å². The van der Waals surface area contributed by atoms with Gasteiger partial charge in [-0.15, -0.1) is 0 Å². The summed E-state index contributed by atoms with van der Waals surface area (Å²) in [5.74, 6) is 0.105. The van der Waals surface area contributed by atoms with E-state index in [1.807, 2.05) is 0 Å². The molecule has 2 rings (SSSR count). The second kappa shape index (κ2) is 6.00. The number of epoxide rings is 1. The van der Waals surface area contributed by atoms with Gasteiger partial charge in [-0.05, 0) is 25.2 Å². The van der Waals surface area contributed by atoms with Crippen molar-refractivity contribution in [3.05, 3.63) is 0 Å². The summed E-state index contributed by atoms with van der Waals surface area (Å²) in [6.45, 7) is 1.56. The highest BCUT2D eigenvalue weighted by Gasteiger charge is 2.24. The standard InChI is InChI=1S/C12H18O5/c13-11(16-6-9-4-5-9)2-1-3-12(14)17-8-10-7-15-10/h9-10H,1-8H2. The molecule has 0 aromatic carbocycles. The van der Waals surface area contributed by atoms with Crippen LogP contribution < -0.4 is 0 Å². The first-order chi connectivity index (χ1) is 8.24. The zero-order valence-electron chi connectivity index (χ0n) is 9.85. The highest BCUT2D eigenvalue weighted by atomic mass is 16.6. The van der Waals surface area contributed by atoms with Crippen molar-refractivity contribution in [1.82, 2.24) is 0 Å². The fraction of sp³-hybridized carbons (Fsp3) is 0.833. The van der Waals surface area contributed by atoms with Crippen LogP contribution >= 0.6 is 0 Å². The molecule has 0 amide bonds. The SMILES string of the molecule is O=C(CCCC(=O)OCC1CO1)OCC1CC1. The van der Waals surface area contributed by atoms with Crippen LogP contribution in [0.4, 0.5) is 0 Å². The van der Waals surface area contributed by atoms with E-state index < -0.39 is 0 Å². The first-order valence-corrected chi connectivity index (χ1v) is 6.17. The molecule has 96 valence electrons. The van der Waals surface area contributed by atoms with Gasteiger partial charge in [0.15, 0.2) is 0 Å². The summed E-state index contributed by atoms with van der Waals surface area (Å²) in [5, 5.41) is 0. The van der Waals surface area contributed by atoms with E-state index in [-0.39, 0.29) is 24.5 Å². The zero-order valence-corrected chi connectivity index (χ0v) is 9.85. The van der Waals surface area contributed by atoms with Crippen molar-refractivity contribution >= 4 is 11.9 Å². The molecule has 1 atom stereocenters. The molecule has 17 heavy (non-hydrogen) atoms. The molecule has 5 nitrogen and oxygen atoms in total. The highest BCUT2D eigenvalue weighted by Crippen LogP contribution is 2.28. The highest BCUT2D eigenvalue weighted by molar-refractivity contribution is 5.72. The van der Waals surface area contributed by atoms with Crippen molar-refractivity contribution in [2.75, 3.05) is 19.8 Å². The molecule has 1 aliphatic heterocycles. The molecule has 2 fully saturated rings. The third-order valence-corrected chi connectivity index (χ3v) is 2.77. The Morgan fingerprint density at radius 3 is 2.18 bits per heavy atom. The van der Waals surface area contributed by atoms with Gasteiger partial charge in [0.25, 0.3) is 0 Å². The average molecular weight is 242 g/mol. The van der Waals surface area contributed by atoms with Crippen LogP contribution in [0.15, 0.2) is 0 Å². The summed E-state index contributed by atoms with van der Waals surface area (Å²) in [5.41, 5.74) is 0. The van der Waals surface area contributed by atoms with Crippen molar-refractivity contribution in [3.8, 4) is 0 Å². The molecule has 1 saturated heterocycles. The van der Waals surface area contributed by atoms with Crippen molar-refractivity contribution in [2.24, 2.45) is 5.92 Å². The molecule has 1 aliphatic carbocycles. The van der Waals surface area contributed by atoms with E-state index in [1.54, 1.807) is 0 Å². The van der Waals surface area contributed by atoms with Gasteiger partial charge in [-0.1, -0.05) is 0 Å². The number of ether oxygens (including phenoxy) is 3. The van der Waals surface area contributed by atoms with E-state index in [1.165, 1.54) is 12.8 Å². The second-order valence-corrected chi connectivity index (χ2v) is 4.62. The van der Waals surface area contributed by atoms with Gasteiger partial charge in [0.1, 0.15) is 12.7 Å². The number of carbonyl (C=O) groups excluding carboxylic acids is 2. The molecular formula is C12H18O5. The molecule has 5 heteroatoms. The zero-order chi connectivity index (χ0) is 12.1.